The molecule has 0 aliphatic carbocycles. The third kappa shape index (κ3) is 1.65. The van der Waals surface area contributed by atoms with Crippen LogP contribution >= 0.6 is 11.6 Å². The van der Waals surface area contributed by atoms with Crippen molar-refractivity contribution in [1.29, 1.82) is 0 Å². The second-order valence-electron chi connectivity index (χ2n) is 3.85. The van der Waals surface area contributed by atoms with E-state index >= 15 is 0 Å². The summed E-state index contributed by atoms with van der Waals surface area (Å²) in [5.41, 5.74) is 1.68. The smallest absolute Gasteiger partial charge is 0.252 e. The number of hydrogen-bond acceptors (Lipinski definition) is 3. The zero-order valence-corrected chi connectivity index (χ0v) is 9.82. The van der Waals surface area contributed by atoms with E-state index < -0.39 is 0 Å². The van der Waals surface area contributed by atoms with Gasteiger partial charge in [0.1, 0.15) is 5.75 Å². The number of rotatable bonds is 1. The number of nitrogens with zero attached hydrogens (tertiary/aromatic N) is 1. The van der Waals surface area contributed by atoms with Gasteiger partial charge >= 0.3 is 0 Å². The van der Waals surface area contributed by atoms with Crippen LogP contribution in [0.2, 0.25) is 5.15 Å². The predicted molar refractivity (Wildman–Crippen MR) is 68.8 cm³/mol. The summed E-state index contributed by atoms with van der Waals surface area (Å²) in [5, 5.41) is 10.7. The van der Waals surface area contributed by atoms with Gasteiger partial charge in [0.2, 0.25) is 0 Å². The van der Waals surface area contributed by atoms with Crippen molar-refractivity contribution in [2.45, 2.75) is 0 Å². The molecule has 0 amide bonds. The first kappa shape index (κ1) is 10.9. The molecule has 0 atom stereocenters. The van der Waals surface area contributed by atoms with E-state index in [4.69, 9.17) is 11.6 Å². The van der Waals surface area contributed by atoms with E-state index in [1.165, 1.54) is 6.33 Å². The molecule has 90 valence electrons. The van der Waals surface area contributed by atoms with Gasteiger partial charge < -0.3 is 15.1 Å². The molecular weight excluding hydrogens is 254 g/mol. The lowest BCUT2D eigenvalue weighted by Gasteiger charge is -2.03. The summed E-state index contributed by atoms with van der Waals surface area (Å²) in [7, 11) is 0. The molecular formula is C12H8ClN3O2. The Hall–Kier alpha value is -2.27. The highest BCUT2D eigenvalue weighted by Gasteiger charge is 2.08. The Labute approximate surface area is 106 Å². The van der Waals surface area contributed by atoms with Crippen LogP contribution in [0.4, 0.5) is 0 Å². The van der Waals surface area contributed by atoms with Crippen LogP contribution < -0.4 is 5.56 Å². The number of imidazole rings is 1. The van der Waals surface area contributed by atoms with Crippen LogP contribution in [-0.4, -0.2) is 20.1 Å². The second-order valence-corrected chi connectivity index (χ2v) is 4.21. The zero-order valence-electron chi connectivity index (χ0n) is 9.07. The summed E-state index contributed by atoms with van der Waals surface area (Å²) in [6, 6.07) is 6.38. The van der Waals surface area contributed by atoms with Crippen LogP contribution in [0.25, 0.3) is 22.2 Å². The maximum Gasteiger partial charge on any atom is 0.252 e. The van der Waals surface area contributed by atoms with Gasteiger partial charge in [-0.1, -0.05) is 17.7 Å². The lowest BCUT2D eigenvalue weighted by Crippen LogP contribution is -2.02. The molecule has 3 aromatic rings. The van der Waals surface area contributed by atoms with Crippen LogP contribution in [0, 0.1) is 0 Å². The van der Waals surface area contributed by atoms with E-state index in [0.29, 0.717) is 21.7 Å². The molecule has 0 saturated carbocycles. The van der Waals surface area contributed by atoms with E-state index in [9.17, 15) is 9.90 Å². The van der Waals surface area contributed by atoms with Crippen LogP contribution in [0.15, 0.2) is 35.4 Å². The quantitative estimate of drug-likeness (QED) is 0.628. The van der Waals surface area contributed by atoms with Gasteiger partial charge in [-0.25, -0.2) is 4.98 Å². The molecule has 0 saturated heterocycles. The van der Waals surface area contributed by atoms with Crippen molar-refractivity contribution in [1.82, 2.24) is 15.0 Å². The average molecular weight is 262 g/mol. The standard InChI is InChI=1S/C12H8ClN3O2/c13-12-11(14-5-15-12)6-1-2-8-7(3-6)9(17)4-10(18)16-8/h1-5H,(H,14,15)(H2,16,17,18). The fourth-order valence-electron chi connectivity index (χ4n) is 1.87. The van der Waals surface area contributed by atoms with Gasteiger partial charge in [-0.15, -0.1) is 0 Å². The zero-order chi connectivity index (χ0) is 12.7. The minimum Gasteiger partial charge on any atom is -0.507 e. The first-order valence-corrected chi connectivity index (χ1v) is 5.58. The number of benzene rings is 1. The van der Waals surface area contributed by atoms with Crippen LogP contribution in [0.5, 0.6) is 5.75 Å². The van der Waals surface area contributed by atoms with Crippen LogP contribution in [-0.2, 0) is 0 Å². The number of aromatic amines is 2. The molecule has 18 heavy (non-hydrogen) atoms. The first-order chi connectivity index (χ1) is 8.65. The van der Waals surface area contributed by atoms with Crippen molar-refractivity contribution in [2.24, 2.45) is 0 Å². The number of aromatic nitrogens is 3. The number of nitrogens with one attached hydrogen (secondary N) is 2. The van der Waals surface area contributed by atoms with E-state index in [1.54, 1.807) is 18.2 Å². The monoisotopic (exact) mass is 261 g/mol. The maximum atomic E-state index is 11.2. The Bertz CT molecular complexity index is 791. The molecule has 5 nitrogen and oxygen atoms in total. The fraction of sp³-hybridized carbons (Fsp3) is 0. The Morgan fingerprint density at radius 1 is 1.28 bits per heavy atom. The van der Waals surface area contributed by atoms with Gasteiger partial charge in [-0.2, -0.15) is 0 Å². The fourth-order valence-corrected chi connectivity index (χ4v) is 2.08. The van der Waals surface area contributed by atoms with E-state index in [0.717, 1.165) is 11.6 Å². The third-order valence-electron chi connectivity index (χ3n) is 2.70. The molecule has 3 rings (SSSR count). The van der Waals surface area contributed by atoms with Crippen molar-refractivity contribution in [2.75, 3.05) is 0 Å². The van der Waals surface area contributed by atoms with Crippen molar-refractivity contribution < 1.29 is 5.11 Å². The van der Waals surface area contributed by atoms with E-state index in [2.05, 4.69) is 15.0 Å². The topological polar surface area (TPSA) is 81.8 Å². The minimum atomic E-state index is -0.340. The van der Waals surface area contributed by atoms with Gasteiger partial charge in [-0.05, 0) is 12.1 Å². The Kier molecular flexibility index (Phi) is 2.34. The summed E-state index contributed by atoms with van der Waals surface area (Å²) in [4.78, 5) is 20.7. The van der Waals surface area contributed by atoms with E-state index in [1.807, 2.05) is 0 Å². The second kappa shape index (κ2) is 3.89. The molecule has 0 aliphatic rings. The maximum absolute atomic E-state index is 11.2. The molecule has 6 heteroatoms. The summed E-state index contributed by atoms with van der Waals surface area (Å²) < 4.78 is 0. The lowest BCUT2D eigenvalue weighted by molar-refractivity contribution is 0.480. The van der Waals surface area contributed by atoms with Crippen molar-refractivity contribution in [3.63, 3.8) is 0 Å². The Morgan fingerprint density at radius 2 is 2.11 bits per heavy atom. The minimum absolute atomic E-state index is 0.0637. The molecule has 3 N–H and O–H groups in total. The summed E-state index contributed by atoms with van der Waals surface area (Å²) in [6.07, 6.45) is 1.49. The molecule has 2 aromatic heterocycles. The van der Waals surface area contributed by atoms with Gasteiger partial charge in [0, 0.05) is 17.0 Å². The number of H-pyrrole nitrogens is 2. The van der Waals surface area contributed by atoms with Gasteiger partial charge in [-0.3, -0.25) is 4.79 Å². The van der Waals surface area contributed by atoms with Crippen molar-refractivity contribution >= 4 is 22.5 Å². The molecule has 0 unspecified atom stereocenters. The normalized spacial score (nSPS) is 10.9. The molecule has 2 heterocycles. The Morgan fingerprint density at radius 3 is 2.83 bits per heavy atom. The Balaban J connectivity index is 2.29. The molecule has 1 aromatic carbocycles. The molecule has 0 spiro atoms. The number of fused-ring (bicyclic) bond motifs is 1. The SMILES string of the molecule is O=c1cc(O)c2cc(-c3[nH]cnc3Cl)ccc2[nH]1. The largest absolute Gasteiger partial charge is 0.507 e. The summed E-state index contributed by atoms with van der Waals surface area (Å²) in [6.45, 7) is 0. The first-order valence-electron chi connectivity index (χ1n) is 5.20. The predicted octanol–water partition coefficient (Wildman–Crippen LogP) is 2.28. The number of pyridine rings is 1. The highest BCUT2D eigenvalue weighted by molar-refractivity contribution is 6.31. The van der Waals surface area contributed by atoms with E-state index in [-0.39, 0.29) is 11.3 Å². The third-order valence-corrected chi connectivity index (χ3v) is 2.99. The molecule has 0 radical (unpaired) electrons. The highest BCUT2D eigenvalue weighted by atomic mass is 35.5. The number of aromatic hydroxyl groups is 1. The highest BCUT2D eigenvalue weighted by Crippen LogP contribution is 2.29. The molecule has 0 bridgehead atoms. The lowest BCUT2D eigenvalue weighted by atomic mass is 10.1. The van der Waals surface area contributed by atoms with Gasteiger partial charge in [0.25, 0.3) is 5.56 Å². The average Bonchev–Trinajstić information content (AvgIpc) is 2.75. The van der Waals surface area contributed by atoms with Gasteiger partial charge in [0.15, 0.2) is 5.15 Å². The van der Waals surface area contributed by atoms with Crippen molar-refractivity contribution in [3.8, 4) is 17.0 Å². The van der Waals surface area contributed by atoms with Crippen LogP contribution in [0.3, 0.4) is 0 Å². The van der Waals surface area contributed by atoms with Crippen LogP contribution in [0.1, 0.15) is 0 Å². The number of halogens is 1. The molecule has 0 aliphatic heterocycles. The van der Waals surface area contributed by atoms with Crippen molar-refractivity contribution in [3.05, 3.63) is 46.1 Å². The number of hydrogen-bond donors (Lipinski definition) is 3. The van der Waals surface area contributed by atoms with Gasteiger partial charge in [0.05, 0.1) is 17.5 Å². The summed E-state index contributed by atoms with van der Waals surface area (Å²) >= 11 is 5.93. The molecule has 0 fully saturated rings. The summed E-state index contributed by atoms with van der Waals surface area (Å²) in [5.74, 6) is -0.0637.